The van der Waals surface area contributed by atoms with E-state index in [0.717, 1.165) is 12.8 Å². The van der Waals surface area contributed by atoms with Crippen LogP contribution in [0.4, 0.5) is 0 Å². The molecule has 0 saturated carbocycles. The lowest BCUT2D eigenvalue weighted by molar-refractivity contribution is -0.142. The molecule has 1 N–H and O–H groups in total. The van der Waals surface area contributed by atoms with Crippen LogP contribution in [0.25, 0.3) is 0 Å². The molecular formula is C14H18O2S. The minimum absolute atomic E-state index is 0.235. The van der Waals surface area contributed by atoms with Gasteiger partial charge < -0.3 is 5.11 Å². The number of hydrogen-bond donors (Lipinski definition) is 1. The summed E-state index contributed by atoms with van der Waals surface area (Å²) in [4.78, 5) is 12.3. The Labute approximate surface area is 106 Å². The van der Waals surface area contributed by atoms with Gasteiger partial charge in [-0.25, -0.2) is 0 Å². The molecule has 0 bridgehead atoms. The Kier molecular flexibility index (Phi) is 3.77. The van der Waals surface area contributed by atoms with Crippen molar-refractivity contribution in [3.63, 3.8) is 0 Å². The predicted molar refractivity (Wildman–Crippen MR) is 70.4 cm³/mol. The van der Waals surface area contributed by atoms with Gasteiger partial charge in [0.1, 0.15) is 0 Å². The van der Waals surface area contributed by atoms with Crippen LogP contribution < -0.4 is 0 Å². The highest BCUT2D eigenvalue weighted by molar-refractivity contribution is 8.00. The van der Waals surface area contributed by atoms with Crippen molar-refractivity contribution in [2.75, 3.05) is 0 Å². The minimum Gasteiger partial charge on any atom is -0.481 e. The highest BCUT2D eigenvalue weighted by Crippen LogP contribution is 2.40. The van der Waals surface area contributed by atoms with Gasteiger partial charge in [-0.1, -0.05) is 32.0 Å². The average molecular weight is 250 g/mol. The molecule has 0 radical (unpaired) electrons. The fourth-order valence-corrected chi connectivity index (χ4v) is 3.73. The van der Waals surface area contributed by atoms with Crippen LogP contribution in [0.1, 0.15) is 25.8 Å². The summed E-state index contributed by atoms with van der Waals surface area (Å²) >= 11 is 1.90. The molecular weight excluding hydrogens is 232 g/mol. The van der Waals surface area contributed by atoms with Gasteiger partial charge in [0.15, 0.2) is 0 Å². The summed E-state index contributed by atoms with van der Waals surface area (Å²) in [6, 6.07) is 8.47. The lowest BCUT2D eigenvalue weighted by atomic mass is 9.90. The second kappa shape index (κ2) is 5.13. The van der Waals surface area contributed by atoms with Gasteiger partial charge in [-0.05, 0) is 30.4 Å². The smallest absolute Gasteiger partial charge is 0.306 e. The third-order valence-electron chi connectivity index (χ3n) is 3.59. The van der Waals surface area contributed by atoms with Gasteiger partial charge in [0.05, 0.1) is 5.92 Å². The van der Waals surface area contributed by atoms with Gasteiger partial charge in [-0.2, -0.15) is 0 Å². The summed E-state index contributed by atoms with van der Waals surface area (Å²) < 4.78 is 0. The largest absolute Gasteiger partial charge is 0.481 e. The molecule has 0 aliphatic carbocycles. The SMILES string of the molecule is CC(CC1Cc2ccccc2S1)C(C)C(=O)O. The molecule has 0 amide bonds. The van der Waals surface area contributed by atoms with E-state index >= 15 is 0 Å². The maximum Gasteiger partial charge on any atom is 0.306 e. The van der Waals surface area contributed by atoms with E-state index in [1.54, 1.807) is 6.92 Å². The van der Waals surface area contributed by atoms with E-state index in [2.05, 4.69) is 24.3 Å². The van der Waals surface area contributed by atoms with Gasteiger partial charge in [-0.15, -0.1) is 11.8 Å². The molecule has 3 atom stereocenters. The zero-order chi connectivity index (χ0) is 12.4. The maximum absolute atomic E-state index is 10.9. The molecule has 1 aliphatic rings. The molecule has 0 saturated heterocycles. The van der Waals surface area contributed by atoms with Crippen LogP contribution in [0.3, 0.4) is 0 Å². The van der Waals surface area contributed by atoms with Crippen molar-refractivity contribution in [3.8, 4) is 0 Å². The third-order valence-corrected chi connectivity index (χ3v) is 4.94. The first kappa shape index (κ1) is 12.5. The van der Waals surface area contributed by atoms with E-state index in [-0.39, 0.29) is 11.8 Å². The third kappa shape index (κ3) is 2.83. The van der Waals surface area contributed by atoms with Crippen molar-refractivity contribution in [2.45, 2.75) is 36.8 Å². The maximum atomic E-state index is 10.9. The fraction of sp³-hybridized carbons (Fsp3) is 0.500. The van der Waals surface area contributed by atoms with Crippen LogP contribution in [-0.2, 0) is 11.2 Å². The van der Waals surface area contributed by atoms with Crippen molar-refractivity contribution in [1.82, 2.24) is 0 Å². The summed E-state index contributed by atoms with van der Waals surface area (Å²) in [7, 11) is 0. The number of carbonyl (C=O) groups is 1. The second-order valence-electron chi connectivity index (χ2n) is 4.89. The molecule has 0 spiro atoms. The Morgan fingerprint density at radius 1 is 1.47 bits per heavy atom. The first-order valence-corrected chi connectivity index (χ1v) is 6.93. The van der Waals surface area contributed by atoms with E-state index in [1.165, 1.54) is 10.5 Å². The lowest BCUT2D eigenvalue weighted by Gasteiger charge is -2.19. The number of aliphatic carboxylic acids is 1. The number of benzene rings is 1. The quantitative estimate of drug-likeness (QED) is 0.889. The summed E-state index contributed by atoms with van der Waals surface area (Å²) in [5.74, 6) is -0.698. The number of thioether (sulfide) groups is 1. The molecule has 3 unspecified atom stereocenters. The zero-order valence-corrected chi connectivity index (χ0v) is 11.0. The van der Waals surface area contributed by atoms with E-state index in [4.69, 9.17) is 5.11 Å². The standard InChI is InChI=1S/C14H18O2S/c1-9(10(2)14(15)16)7-12-8-11-5-3-4-6-13(11)17-12/h3-6,9-10,12H,7-8H2,1-2H3,(H,15,16). The van der Waals surface area contributed by atoms with Crippen molar-refractivity contribution >= 4 is 17.7 Å². The Balaban J connectivity index is 1.94. The van der Waals surface area contributed by atoms with Crippen LogP contribution in [0.5, 0.6) is 0 Å². The molecule has 1 aromatic rings. The topological polar surface area (TPSA) is 37.3 Å². The molecule has 3 heteroatoms. The summed E-state index contributed by atoms with van der Waals surface area (Å²) in [5.41, 5.74) is 1.41. The van der Waals surface area contributed by atoms with Crippen LogP contribution in [0.2, 0.25) is 0 Å². The number of hydrogen-bond acceptors (Lipinski definition) is 2. The summed E-state index contributed by atoms with van der Waals surface area (Å²) in [5, 5.41) is 9.54. The predicted octanol–water partition coefficient (Wildman–Crippen LogP) is 3.45. The van der Waals surface area contributed by atoms with Crippen LogP contribution >= 0.6 is 11.8 Å². The highest BCUT2D eigenvalue weighted by Gasteiger charge is 2.27. The molecule has 1 aromatic carbocycles. The second-order valence-corrected chi connectivity index (χ2v) is 6.23. The van der Waals surface area contributed by atoms with Crippen molar-refractivity contribution in [1.29, 1.82) is 0 Å². The number of carboxylic acids is 1. The summed E-state index contributed by atoms with van der Waals surface area (Å²) in [6.45, 7) is 3.85. The molecule has 2 rings (SSSR count). The minimum atomic E-state index is -0.682. The van der Waals surface area contributed by atoms with Gasteiger partial charge >= 0.3 is 5.97 Å². The molecule has 92 valence electrons. The van der Waals surface area contributed by atoms with E-state index < -0.39 is 5.97 Å². The lowest BCUT2D eigenvalue weighted by Crippen LogP contribution is -2.21. The average Bonchev–Trinajstić information content (AvgIpc) is 2.69. The Bertz CT molecular complexity index is 391. The van der Waals surface area contributed by atoms with Gasteiger partial charge in [0.25, 0.3) is 0 Å². The first-order valence-electron chi connectivity index (χ1n) is 6.05. The molecule has 1 heterocycles. The van der Waals surface area contributed by atoms with Gasteiger partial charge in [0, 0.05) is 10.1 Å². The van der Waals surface area contributed by atoms with Gasteiger partial charge in [0.2, 0.25) is 0 Å². The first-order chi connectivity index (χ1) is 8.08. The Hall–Kier alpha value is -0.960. The van der Waals surface area contributed by atoms with Crippen molar-refractivity contribution in [2.24, 2.45) is 11.8 Å². The monoisotopic (exact) mass is 250 g/mol. The normalized spacial score (nSPS) is 21.9. The highest BCUT2D eigenvalue weighted by atomic mass is 32.2. The zero-order valence-electron chi connectivity index (χ0n) is 10.2. The fourth-order valence-electron chi connectivity index (χ4n) is 2.25. The molecule has 0 fully saturated rings. The molecule has 0 aromatic heterocycles. The van der Waals surface area contributed by atoms with E-state index in [0.29, 0.717) is 5.25 Å². The molecule has 2 nitrogen and oxygen atoms in total. The van der Waals surface area contributed by atoms with Crippen LogP contribution in [0.15, 0.2) is 29.2 Å². The molecule has 17 heavy (non-hydrogen) atoms. The van der Waals surface area contributed by atoms with E-state index in [9.17, 15) is 4.79 Å². The van der Waals surface area contributed by atoms with Gasteiger partial charge in [-0.3, -0.25) is 4.79 Å². The summed E-state index contributed by atoms with van der Waals surface area (Å²) in [6.07, 6.45) is 2.06. The van der Waals surface area contributed by atoms with Crippen molar-refractivity contribution < 1.29 is 9.90 Å². The van der Waals surface area contributed by atoms with E-state index in [1.807, 2.05) is 18.7 Å². The Morgan fingerprint density at radius 3 is 2.82 bits per heavy atom. The number of carboxylic acid groups (broad SMARTS) is 1. The molecule has 1 aliphatic heterocycles. The number of fused-ring (bicyclic) bond motifs is 1. The van der Waals surface area contributed by atoms with Crippen molar-refractivity contribution in [3.05, 3.63) is 29.8 Å². The van der Waals surface area contributed by atoms with Crippen LogP contribution in [0, 0.1) is 11.8 Å². The number of rotatable bonds is 4. The van der Waals surface area contributed by atoms with Crippen LogP contribution in [-0.4, -0.2) is 16.3 Å². The Morgan fingerprint density at radius 2 is 2.18 bits per heavy atom.